The normalized spacial score (nSPS) is 12.5. The van der Waals surface area contributed by atoms with Crippen molar-refractivity contribution in [1.82, 2.24) is 10.2 Å². The number of hydrogen-bond acceptors (Lipinski definition) is 4. The molecular weight excluding hydrogens is 517 g/mol. The van der Waals surface area contributed by atoms with Gasteiger partial charge in [0.25, 0.3) is 10.0 Å². The van der Waals surface area contributed by atoms with E-state index < -0.39 is 39.9 Å². The second-order valence-electron chi connectivity index (χ2n) is 10.6. The van der Waals surface area contributed by atoms with Crippen LogP contribution < -0.4 is 9.62 Å². The van der Waals surface area contributed by atoms with Crippen molar-refractivity contribution in [2.45, 2.75) is 64.6 Å². The Labute approximate surface area is 230 Å². The van der Waals surface area contributed by atoms with Crippen molar-refractivity contribution in [2.24, 2.45) is 0 Å². The maximum Gasteiger partial charge on any atom is 0.264 e. The molecule has 7 nitrogen and oxygen atoms in total. The van der Waals surface area contributed by atoms with E-state index in [1.54, 1.807) is 44.2 Å². The summed E-state index contributed by atoms with van der Waals surface area (Å²) in [5.74, 6) is -1.39. The molecule has 0 bridgehead atoms. The standard InChI is InChI=1S/C30H36FN3O4S/c1-21-11-10-14-27(22(21)2)34(39(37,38)26-12-8-7-9-13-26)20-28(35)33(19-24-15-17-25(31)18-16-24)23(3)29(36)32-30(4,5)6/h7-18,23H,19-20H2,1-6H3,(H,32,36)/t23-/m1/s1. The lowest BCUT2D eigenvalue weighted by atomic mass is 10.1. The lowest BCUT2D eigenvalue weighted by molar-refractivity contribution is -0.140. The van der Waals surface area contributed by atoms with Crippen molar-refractivity contribution in [3.8, 4) is 0 Å². The third-order valence-electron chi connectivity index (χ3n) is 6.39. The van der Waals surface area contributed by atoms with E-state index in [9.17, 15) is 22.4 Å². The van der Waals surface area contributed by atoms with Gasteiger partial charge in [-0.05, 0) is 88.6 Å². The van der Waals surface area contributed by atoms with Crippen molar-refractivity contribution < 1.29 is 22.4 Å². The molecule has 208 valence electrons. The molecule has 0 aliphatic carbocycles. The van der Waals surface area contributed by atoms with E-state index in [2.05, 4.69) is 5.32 Å². The van der Waals surface area contributed by atoms with Gasteiger partial charge in [-0.3, -0.25) is 13.9 Å². The van der Waals surface area contributed by atoms with Crippen molar-refractivity contribution in [2.75, 3.05) is 10.8 Å². The number of aryl methyl sites for hydroxylation is 1. The van der Waals surface area contributed by atoms with Crippen LogP contribution in [0.3, 0.4) is 0 Å². The van der Waals surface area contributed by atoms with Gasteiger partial charge in [-0.15, -0.1) is 0 Å². The van der Waals surface area contributed by atoms with Gasteiger partial charge in [0.05, 0.1) is 10.6 Å². The fraction of sp³-hybridized carbons (Fsp3) is 0.333. The number of hydrogen-bond donors (Lipinski definition) is 1. The van der Waals surface area contributed by atoms with Gasteiger partial charge >= 0.3 is 0 Å². The number of sulfonamides is 1. The van der Waals surface area contributed by atoms with E-state index in [1.165, 1.54) is 41.3 Å². The van der Waals surface area contributed by atoms with Gasteiger partial charge in [-0.25, -0.2) is 12.8 Å². The van der Waals surface area contributed by atoms with Gasteiger partial charge in [-0.2, -0.15) is 0 Å². The van der Waals surface area contributed by atoms with Crippen LogP contribution in [0.15, 0.2) is 77.7 Å². The minimum atomic E-state index is -4.14. The molecule has 0 heterocycles. The predicted octanol–water partition coefficient (Wildman–Crippen LogP) is 4.97. The Kier molecular flexibility index (Phi) is 9.17. The summed E-state index contributed by atoms with van der Waals surface area (Å²) in [5, 5.41) is 2.88. The van der Waals surface area contributed by atoms with E-state index >= 15 is 0 Å². The van der Waals surface area contributed by atoms with Gasteiger partial charge in [0, 0.05) is 12.1 Å². The molecule has 0 fully saturated rings. The number of carbonyl (C=O) groups excluding carboxylic acids is 2. The molecule has 1 atom stereocenters. The molecule has 0 saturated carbocycles. The number of carbonyl (C=O) groups is 2. The Morgan fingerprint density at radius 1 is 0.923 bits per heavy atom. The summed E-state index contributed by atoms with van der Waals surface area (Å²) in [6.45, 7) is 10.2. The van der Waals surface area contributed by atoms with Crippen LogP contribution in [0.1, 0.15) is 44.4 Å². The van der Waals surface area contributed by atoms with Crippen molar-refractivity contribution in [3.05, 3.63) is 95.3 Å². The minimum Gasteiger partial charge on any atom is -0.350 e. The SMILES string of the molecule is Cc1cccc(N(CC(=O)N(Cc2ccc(F)cc2)[C@H](C)C(=O)NC(C)(C)C)S(=O)(=O)c2ccccc2)c1C. The number of nitrogens with one attached hydrogen (secondary N) is 1. The number of amides is 2. The molecular formula is C30H36FN3O4S. The molecule has 0 radical (unpaired) electrons. The summed E-state index contributed by atoms with van der Waals surface area (Å²) in [7, 11) is -4.14. The third-order valence-corrected chi connectivity index (χ3v) is 8.16. The molecule has 0 aromatic heterocycles. The van der Waals surface area contributed by atoms with Gasteiger partial charge in [0.1, 0.15) is 18.4 Å². The number of nitrogens with zero attached hydrogens (tertiary/aromatic N) is 2. The predicted molar refractivity (Wildman–Crippen MR) is 151 cm³/mol. The molecule has 3 aromatic carbocycles. The lowest BCUT2D eigenvalue weighted by Crippen LogP contribution is -2.54. The second kappa shape index (κ2) is 12.0. The molecule has 9 heteroatoms. The van der Waals surface area contributed by atoms with E-state index in [4.69, 9.17) is 0 Å². The molecule has 3 aromatic rings. The molecule has 0 aliphatic heterocycles. The highest BCUT2D eigenvalue weighted by Gasteiger charge is 2.34. The van der Waals surface area contributed by atoms with Crippen LogP contribution in [-0.4, -0.2) is 43.3 Å². The van der Waals surface area contributed by atoms with Crippen LogP contribution in [0.2, 0.25) is 0 Å². The maximum atomic E-state index is 13.9. The van der Waals surface area contributed by atoms with Crippen LogP contribution in [-0.2, 0) is 26.2 Å². The van der Waals surface area contributed by atoms with Crippen LogP contribution in [0, 0.1) is 19.7 Å². The maximum absolute atomic E-state index is 13.9. The first-order valence-corrected chi connectivity index (χ1v) is 14.1. The minimum absolute atomic E-state index is 0.0101. The molecule has 0 spiro atoms. The van der Waals surface area contributed by atoms with Crippen molar-refractivity contribution in [3.63, 3.8) is 0 Å². The van der Waals surface area contributed by atoms with Gasteiger partial charge in [-0.1, -0.05) is 42.5 Å². The zero-order chi connectivity index (χ0) is 29.0. The van der Waals surface area contributed by atoms with E-state index in [0.717, 1.165) is 9.87 Å². The monoisotopic (exact) mass is 553 g/mol. The highest BCUT2D eigenvalue weighted by atomic mass is 32.2. The average Bonchev–Trinajstić information content (AvgIpc) is 2.87. The van der Waals surface area contributed by atoms with E-state index in [0.29, 0.717) is 16.8 Å². The zero-order valence-electron chi connectivity index (χ0n) is 23.2. The van der Waals surface area contributed by atoms with Gasteiger partial charge < -0.3 is 10.2 Å². The molecule has 0 saturated heterocycles. The Balaban J connectivity index is 2.06. The lowest BCUT2D eigenvalue weighted by Gasteiger charge is -2.34. The summed E-state index contributed by atoms with van der Waals surface area (Å²) < 4.78 is 42.4. The molecule has 0 aliphatic rings. The van der Waals surface area contributed by atoms with Crippen molar-refractivity contribution >= 4 is 27.5 Å². The summed E-state index contributed by atoms with van der Waals surface area (Å²) in [6.07, 6.45) is 0. The van der Waals surface area contributed by atoms with Crippen LogP contribution >= 0.6 is 0 Å². The Morgan fingerprint density at radius 2 is 1.54 bits per heavy atom. The molecule has 2 amide bonds. The summed E-state index contributed by atoms with van der Waals surface area (Å²) in [4.78, 5) is 28.4. The Hall–Kier alpha value is -3.72. The molecule has 3 rings (SSSR count). The summed E-state index contributed by atoms with van der Waals surface area (Å²) >= 11 is 0. The molecule has 1 N–H and O–H groups in total. The highest BCUT2D eigenvalue weighted by Crippen LogP contribution is 2.29. The largest absolute Gasteiger partial charge is 0.350 e. The number of benzene rings is 3. The number of anilines is 1. The van der Waals surface area contributed by atoms with Crippen molar-refractivity contribution in [1.29, 1.82) is 0 Å². The molecule has 0 unspecified atom stereocenters. The zero-order valence-corrected chi connectivity index (χ0v) is 24.0. The highest BCUT2D eigenvalue weighted by molar-refractivity contribution is 7.92. The third kappa shape index (κ3) is 7.44. The van der Waals surface area contributed by atoms with Gasteiger partial charge in [0.2, 0.25) is 11.8 Å². The topological polar surface area (TPSA) is 86.8 Å². The summed E-state index contributed by atoms with van der Waals surface area (Å²) in [6, 6.07) is 17.9. The quantitative estimate of drug-likeness (QED) is 0.405. The Bertz CT molecular complexity index is 1420. The molecule has 39 heavy (non-hydrogen) atoms. The average molecular weight is 554 g/mol. The van der Waals surface area contributed by atoms with Crippen LogP contribution in [0.25, 0.3) is 0 Å². The Morgan fingerprint density at radius 3 is 2.13 bits per heavy atom. The van der Waals surface area contributed by atoms with Gasteiger partial charge in [0.15, 0.2) is 0 Å². The first kappa shape index (κ1) is 29.8. The first-order valence-electron chi connectivity index (χ1n) is 12.7. The number of rotatable bonds is 9. The second-order valence-corrected chi connectivity index (χ2v) is 12.5. The number of halogens is 1. The smallest absolute Gasteiger partial charge is 0.264 e. The summed E-state index contributed by atoms with van der Waals surface area (Å²) in [5.41, 5.74) is 2.02. The van der Waals surface area contributed by atoms with Crippen LogP contribution in [0.4, 0.5) is 10.1 Å². The van der Waals surface area contributed by atoms with E-state index in [-0.39, 0.29) is 17.3 Å². The van der Waals surface area contributed by atoms with E-state index in [1.807, 2.05) is 33.8 Å². The van der Waals surface area contributed by atoms with Crippen LogP contribution in [0.5, 0.6) is 0 Å². The fourth-order valence-corrected chi connectivity index (χ4v) is 5.57. The fourth-order valence-electron chi connectivity index (χ4n) is 4.08. The first-order chi connectivity index (χ1) is 18.2.